The fraction of sp³-hybridized carbons (Fsp3) is 0.214. The van der Waals surface area contributed by atoms with Crippen molar-refractivity contribution in [2.24, 2.45) is 0 Å². The molecule has 2 nitrogen and oxygen atoms in total. The van der Waals surface area contributed by atoms with Gasteiger partial charge in [0.05, 0.1) is 5.52 Å². The van der Waals surface area contributed by atoms with Crippen LogP contribution in [0, 0.1) is 0 Å². The number of halogens is 1. The molecule has 1 fully saturated rings. The summed E-state index contributed by atoms with van der Waals surface area (Å²) in [5.41, 5.74) is 7.88. The minimum absolute atomic E-state index is 0.487. The largest absolute Gasteiger partial charge is 0.319 e. The highest BCUT2D eigenvalue weighted by atomic mass is 35.5. The number of benzene rings is 3. The van der Waals surface area contributed by atoms with Gasteiger partial charge in [0.15, 0.2) is 0 Å². The monoisotopic (exact) mass is 424 g/mol. The Morgan fingerprint density at radius 1 is 0.903 bits per heavy atom. The molecule has 3 heterocycles. The maximum Gasteiger partial charge on any atom is 0.0530 e. The predicted octanol–water partition coefficient (Wildman–Crippen LogP) is 7.03. The lowest BCUT2D eigenvalue weighted by molar-refractivity contribution is 0.223. The van der Waals surface area contributed by atoms with Gasteiger partial charge in [-0.05, 0) is 54.8 Å². The van der Waals surface area contributed by atoms with Crippen molar-refractivity contribution < 1.29 is 0 Å². The van der Waals surface area contributed by atoms with Gasteiger partial charge < -0.3 is 4.57 Å². The number of hydrogen-bond acceptors (Lipinski definition) is 1. The maximum absolute atomic E-state index is 6.47. The van der Waals surface area contributed by atoms with Gasteiger partial charge in [0.1, 0.15) is 0 Å². The molecule has 2 aliphatic heterocycles. The molecule has 154 valence electrons. The third-order valence-corrected chi connectivity index (χ3v) is 7.38. The highest BCUT2D eigenvalue weighted by molar-refractivity contribution is 6.31. The van der Waals surface area contributed by atoms with E-state index in [9.17, 15) is 0 Å². The molecule has 6 rings (SSSR count). The lowest BCUT2D eigenvalue weighted by Gasteiger charge is -2.32. The van der Waals surface area contributed by atoms with E-state index in [2.05, 4.69) is 95.5 Å². The fourth-order valence-corrected chi connectivity index (χ4v) is 5.77. The van der Waals surface area contributed by atoms with E-state index in [1.807, 2.05) is 6.07 Å². The van der Waals surface area contributed by atoms with Gasteiger partial charge in [0, 0.05) is 46.4 Å². The van der Waals surface area contributed by atoms with E-state index < -0.39 is 0 Å². The molecule has 0 amide bonds. The molecule has 2 bridgehead atoms. The Labute approximate surface area is 188 Å². The van der Waals surface area contributed by atoms with E-state index in [0.29, 0.717) is 12.1 Å². The summed E-state index contributed by atoms with van der Waals surface area (Å²) in [5.74, 6) is 0. The molecule has 0 radical (unpaired) electrons. The molecule has 0 N–H and O–H groups in total. The molecule has 1 aromatic heterocycles. The van der Waals surface area contributed by atoms with Crippen LogP contribution >= 0.6 is 11.6 Å². The molecular formula is C28H25ClN2. The van der Waals surface area contributed by atoms with Crippen molar-refractivity contribution in [3.8, 4) is 0 Å². The van der Waals surface area contributed by atoms with Crippen LogP contribution in [0.2, 0.25) is 5.02 Å². The average molecular weight is 425 g/mol. The second-order valence-electron chi connectivity index (χ2n) is 8.78. The topological polar surface area (TPSA) is 8.17 Å². The van der Waals surface area contributed by atoms with Crippen LogP contribution in [-0.2, 0) is 6.42 Å². The van der Waals surface area contributed by atoms with Crippen molar-refractivity contribution in [2.45, 2.75) is 31.3 Å². The summed E-state index contributed by atoms with van der Waals surface area (Å²) < 4.78 is 2.45. The first-order chi connectivity index (χ1) is 15.2. The van der Waals surface area contributed by atoms with Crippen molar-refractivity contribution in [1.82, 2.24) is 9.47 Å². The predicted molar refractivity (Wildman–Crippen MR) is 130 cm³/mol. The summed E-state index contributed by atoms with van der Waals surface area (Å²) in [7, 11) is 2.29. The Morgan fingerprint density at radius 2 is 1.58 bits per heavy atom. The van der Waals surface area contributed by atoms with Crippen LogP contribution < -0.4 is 0 Å². The zero-order chi connectivity index (χ0) is 20.9. The Bertz CT molecular complexity index is 1250. The summed E-state index contributed by atoms with van der Waals surface area (Å²) in [4.78, 5) is 2.58. The average Bonchev–Trinajstić information content (AvgIpc) is 3.21. The van der Waals surface area contributed by atoms with Crippen LogP contribution in [0.25, 0.3) is 22.7 Å². The maximum atomic E-state index is 6.47. The molecule has 2 aliphatic rings. The van der Waals surface area contributed by atoms with Crippen LogP contribution in [0.1, 0.15) is 41.3 Å². The van der Waals surface area contributed by atoms with Crippen LogP contribution in [-0.4, -0.2) is 22.6 Å². The van der Waals surface area contributed by atoms with Gasteiger partial charge in [-0.25, -0.2) is 0 Å². The van der Waals surface area contributed by atoms with Gasteiger partial charge in [-0.1, -0.05) is 72.3 Å². The number of likely N-dealkylation sites (N-methyl/N-ethyl adjacent to an activating group) is 1. The Balaban J connectivity index is 1.64. The van der Waals surface area contributed by atoms with Gasteiger partial charge in [-0.3, -0.25) is 4.90 Å². The number of aromatic nitrogens is 1. The van der Waals surface area contributed by atoms with Gasteiger partial charge in [-0.2, -0.15) is 0 Å². The number of nitrogens with zero attached hydrogens (tertiary/aromatic N) is 2. The van der Waals surface area contributed by atoms with Gasteiger partial charge in [-0.15, -0.1) is 0 Å². The SMILES string of the molecule is CN1C2CCC1c1c(n(C=C(c3ccccc3)c3ccccc3)c3ccc(Cl)cc13)C2. The minimum Gasteiger partial charge on any atom is -0.319 e. The summed E-state index contributed by atoms with van der Waals surface area (Å²) in [6, 6.07) is 28.9. The van der Waals surface area contributed by atoms with Crippen molar-refractivity contribution in [3.63, 3.8) is 0 Å². The minimum atomic E-state index is 0.487. The number of rotatable bonds is 3. The van der Waals surface area contributed by atoms with Gasteiger partial charge in [0.2, 0.25) is 0 Å². The van der Waals surface area contributed by atoms with E-state index >= 15 is 0 Å². The van der Waals surface area contributed by atoms with Crippen LogP contribution in [0.3, 0.4) is 0 Å². The molecule has 1 saturated heterocycles. The molecule has 2 unspecified atom stereocenters. The summed E-state index contributed by atoms with van der Waals surface area (Å²) in [6.07, 6.45) is 5.94. The van der Waals surface area contributed by atoms with Crippen LogP contribution in [0.4, 0.5) is 0 Å². The Kier molecular flexibility index (Phi) is 4.52. The number of fused-ring (bicyclic) bond motifs is 6. The lowest BCUT2D eigenvalue weighted by atomic mass is 9.97. The standard InChI is InChI=1S/C28H25ClN2/c1-30-22-13-15-26(30)28-23-16-21(29)12-14-25(23)31(27(28)17-22)18-24(19-8-4-2-5-9-19)20-10-6-3-7-11-20/h2-12,14,16,18,22,26H,13,15,17H2,1H3. The molecule has 0 aliphatic carbocycles. The fourth-order valence-electron chi connectivity index (χ4n) is 5.60. The van der Waals surface area contributed by atoms with Crippen LogP contribution in [0.5, 0.6) is 0 Å². The van der Waals surface area contributed by atoms with E-state index in [1.54, 1.807) is 0 Å². The normalized spacial score (nSPS) is 20.1. The second-order valence-corrected chi connectivity index (χ2v) is 9.22. The van der Waals surface area contributed by atoms with Crippen molar-refractivity contribution >= 4 is 34.3 Å². The Morgan fingerprint density at radius 3 is 2.26 bits per heavy atom. The smallest absolute Gasteiger partial charge is 0.0530 e. The first-order valence-corrected chi connectivity index (χ1v) is 11.5. The van der Waals surface area contributed by atoms with E-state index in [4.69, 9.17) is 11.6 Å². The molecule has 31 heavy (non-hydrogen) atoms. The highest BCUT2D eigenvalue weighted by Gasteiger charge is 2.40. The first-order valence-electron chi connectivity index (χ1n) is 11.1. The summed E-state index contributed by atoms with van der Waals surface area (Å²) >= 11 is 6.47. The van der Waals surface area contributed by atoms with E-state index in [0.717, 1.165) is 11.4 Å². The first kappa shape index (κ1) is 18.9. The Hall–Kier alpha value is -2.81. The molecule has 4 aromatic rings. The van der Waals surface area contributed by atoms with Gasteiger partial charge >= 0.3 is 0 Å². The highest BCUT2D eigenvalue weighted by Crippen LogP contribution is 2.47. The van der Waals surface area contributed by atoms with Crippen molar-refractivity contribution in [1.29, 1.82) is 0 Å². The molecular weight excluding hydrogens is 400 g/mol. The van der Waals surface area contributed by atoms with E-state index in [1.165, 1.54) is 51.7 Å². The molecule has 3 heteroatoms. The summed E-state index contributed by atoms with van der Waals surface area (Å²) in [5, 5.41) is 2.11. The third kappa shape index (κ3) is 3.05. The molecule has 3 aromatic carbocycles. The quantitative estimate of drug-likeness (QED) is 0.342. The number of hydrogen-bond donors (Lipinski definition) is 0. The van der Waals surface area contributed by atoms with Crippen LogP contribution in [0.15, 0.2) is 78.9 Å². The van der Waals surface area contributed by atoms with Crippen molar-refractivity contribution in [2.75, 3.05) is 7.05 Å². The molecule has 0 saturated carbocycles. The lowest BCUT2D eigenvalue weighted by Crippen LogP contribution is -2.34. The summed E-state index contributed by atoms with van der Waals surface area (Å²) in [6.45, 7) is 0. The van der Waals surface area contributed by atoms with Crippen molar-refractivity contribution in [3.05, 3.63) is 106 Å². The molecule has 2 atom stereocenters. The molecule has 0 spiro atoms. The van der Waals surface area contributed by atoms with E-state index in [-0.39, 0.29) is 0 Å². The third-order valence-electron chi connectivity index (χ3n) is 7.14. The van der Waals surface area contributed by atoms with Gasteiger partial charge in [0.25, 0.3) is 0 Å². The zero-order valence-corrected chi connectivity index (χ0v) is 18.4. The zero-order valence-electron chi connectivity index (χ0n) is 17.6. The second kappa shape index (κ2) is 7.40.